The highest BCUT2D eigenvalue weighted by atomic mass is 35.5. The molecule has 0 saturated heterocycles. The minimum atomic E-state index is -0.245. The van der Waals surface area contributed by atoms with E-state index in [-0.39, 0.29) is 5.91 Å². The molecule has 2 heterocycles. The number of para-hydroxylation sites is 1. The number of carbonyl (C=O) groups excluding carboxylic acids is 1. The van der Waals surface area contributed by atoms with Crippen LogP contribution in [0.25, 0.3) is 33.4 Å². The van der Waals surface area contributed by atoms with Crippen molar-refractivity contribution in [3.63, 3.8) is 0 Å². The van der Waals surface area contributed by atoms with Crippen molar-refractivity contribution in [2.24, 2.45) is 0 Å². The van der Waals surface area contributed by atoms with Gasteiger partial charge in [-0.3, -0.25) is 10.1 Å². The van der Waals surface area contributed by atoms with Crippen molar-refractivity contribution in [3.05, 3.63) is 99.3 Å². The van der Waals surface area contributed by atoms with E-state index in [1.165, 1.54) is 11.3 Å². The van der Waals surface area contributed by atoms with E-state index in [9.17, 15) is 4.79 Å². The average molecular weight is 490 g/mol. The number of thiazole rings is 1. The Hall–Kier alpha value is -3.25. The van der Waals surface area contributed by atoms with Gasteiger partial charge in [0.15, 0.2) is 5.13 Å². The van der Waals surface area contributed by atoms with Crippen LogP contribution in [0.4, 0.5) is 5.13 Å². The van der Waals surface area contributed by atoms with Crippen molar-refractivity contribution < 1.29 is 4.79 Å². The van der Waals surface area contributed by atoms with Crippen molar-refractivity contribution in [1.82, 2.24) is 9.97 Å². The lowest BCUT2D eigenvalue weighted by Crippen LogP contribution is -2.13. The standard InChI is InChI=1S/C26H17Cl2N3OS/c1-15-6-8-16(9-7-15)23-13-20(18-4-2-3-5-22(18)29-23)25(32)31-26-30-24(14-33-26)19-11-10-17(27)12-21(19)28/h2-14H,1H3,(H,30,31,32). The molecule has 5 aromatic rings. The molecule has 0 radical (unpaired) electrons. The Kier molecular flexibility index (Phi) is 5.85. The normalized spacial score (nSPS) is 11.0. The number of benzene rings is 3. The Labute approximate surface area is 204 Å². The number of pyridine rings is 1. The van der Waals surface area contributed by atoms with Gasteiger partial charge in [0.05, 0.1) is 27.5 Å². The lowest BCUT2D eigenvalue weighted by Gasteiger charge is -2.10. The van der Waals surface area contributed by atoms with E-state index in [0.29, 0.717) is 26.4 Å². The van der Waals surface area contributed by atoms with Gasteiger partial charge in [-0.2, -0.15) is 0 Å². The Bertz CT molecular complexity index is 1500. The van der Waals surface area contributed by atoms with E-state index in [1.807, 2.05) is 73.0 Å². The van der Waals surface area contributed by atoms with Gasteiger partial charge in [0, 0.05) is 26.9 Å². The maximum atomic E-state index is 13.3. The topological polar surface area (TPSA) is 54.9 Å². The number of nitrogens with one attached hydrogen (secondary N) is 1. The summed E-state index contributed by atoms with van der Waals surface area (Å²) in [6.45, 7) is 2.04. The summed E-state index contributed by atoms with van der Waals surface area (Å²) in [4.78, 5) is 22.6. The lowest BCUT2D eigenvalue weighted by molar-refractivity contribution is 0.102. The molecule has 0 aliphatic heterocycles. The number of nitrogens with zero attached hydrogens (tertiary/aromatic N) is 2. The fourth-order valence-corrected chi connectivity index (χ4v) is 4.76. The molecular weight excluding hydrogens is 473 g/mol. The van der Waals surface area contributed by atoms with Crippen LogP contribution in [-0.2, 0) is 0 Å². The van der Waals surface area contributed by atoms with Crippen LogP contribution in [0.5, 0.6) is 0 Å². The highest BCUT2D eigenvalue weighted by molar-refractivity contribution is 7.14. The van der Waals surface area contributed by atoms with Gasteiger partial charge in [0.25, 0.3) is 5.91 Å². The molecule has 1 N–H and O–H groups in total. The van der Waals surface area contributed by atoms with Crippen LogP contribution in [0, 0.1) is 6.92 Å². The van der Waals surface area contributed by atoms with E-state index in [0.717, 1.165) is 33.3 Å². The molecule has 2 aromatic heterocycles. The lowest BCUT2D eigenvalue weighted by atomic mass is 10.0. The summed E-state index contributed by atoms with van der Waals surface area (Å²) in [6, 6.07) is 22.8. The third-order valence-corrected chi connectivity index (χ3v) is 6.55. The van der Waals surface area contributed by atoms with Crippen LogP contribution < -0.4 is 5.32 Å². The molecule has 1 amide bonds. The van der Waals surface area contributed by atoms with Crippen LogP contribution in [0.2, 0.25) is 10.0 Å². The molecule has 0 spiro atoms. The van der Waals surface area contributed by atoms with E-state index in [4.69, 9.17) is 28.2 Å². The van der Waals surface area contributed by atoms with Crippen LogP contribution in [-0.4, -0.2) is 15.9 Å². The predicted octanol–water partition coefficient (Wildman–Crippen LogP) is 7.89. The number of aromatic nitrogens is 2. The van der Waals surface area contributed by atoms with Crippen LogP contribution >= 0.6 is 34.5 Å². The first-order valence-electron chi connectivity index (χ1n) is 10.2. The van der Waals surface area contributed by atoms with E-state index >= 15 is 0 Å². The van der Waals surface area contributed by atoms with Gasteiger partial charge in [0.2, 0.25) is 0 Å². The molecule has 5 rings (SSSR count). The Morgan fingerprint density at radius 3 is 2.48 bits per heavy atom. The highest BCUT2D eigenvalue weighted by Gasteiger charge is 2.16. The first kappa shape index (κ1) is 21.6. The molecule has 0 unspecified atom stereocenters. The van der Waals surface area contributed by atoms with Crippen LogP contribution in [0.1, 0.15) is 15.9 Å². The maximum Gasteiger partial charge on any atom is 0.258 e. The predicted molar refractivity (Wildman–Crippen MR) is 137 cm³/mol. The molecule has 4 nitrogen and oxygen atoms in total. The Morgan fingerprint density at radius 1 is 0.909 bits per heavy atom. The molecule has 0 aliphatic rings. The molecule has 7 heteroatoms. The molecule has 0 bridgehead atoms. The molecule has 0 atom stereocenters. The minimum Gasteiger partial charge on any atom is -0.298 e. The van der Waals surface area contributed by atoms with Crippen molar-refractivity contribution in [1.29, 1.82) is 0 Å². The number of amides is 1. The fraction of sp³-hybridized carbons (Fsp3) is 0.0385. The SMILES string of the molecule is Cc1ccc(-c2cc(C(=O)Nc3nc(-c4ccc(Cl)cc4Cl)cs3)c3ccccc3n2)cc1. The number of rotatable bonds is 4. The number of fused-ring (bicyclic) bond motifs is 1. The molecule has 3 aromatic carbocycles. The summed E-state index contributed by atoms with van der Waals surface area (Å²) < 4.78 is 0. The van der Waals surface area contributed by atoms with Gasteiger partial charge in [-0.25, -0.2) is 9.97 Å². The van der Waals surface area contributed by atoms with Gasteiger partial charge in [-0.1, -0.05) is 71.2 Å². The largest absolute Gasteiger partial charge is 0.298 e. The van der Waals surface area contributed by atoms with E-state index in [2.05, 4.69) is 10.3 Å². The maximum absolute atomic E-state index is 13.3. The number of carbonyl (C=O) groups is 1. The fourth-order valence-electron chi connectivity index (χ4n) is 3.55. The van der Waals surface area contributed by atoms with Gasteiger partial charge in [-0.05, 0) is 37.3 Å². The number of halogens is 2. The summed E-state index contributed by atoms with van der Waals surface area (Å²) in [5.74, 6) is -0.245. The van der Waals surface area contributed by atoms with Crippen LogP contribution in [0.15, 0.2) is 78.2 Å². The van der Waals surface area contributed by atoms with Crippen molar-refractivity contribution in [3.8, 4) is 22.5 Å². The summed E-state index contributed by atoms with van der Waals surface area (Å²) in [7, 11) is 0. The zero-order valence-corrected chi connectivity index (χ0v) is 19.8. The smallest absolute Gasteiger partial charge is 0.258 e. The first-order valence-corrected chi connectivity index (χ1v) is 11.8. The van der Waals surface area contributed by atoms with E-state index in [1.54, 1.807) is 12.1 Å². The van der Waals surface area contributed by atoms with Gasteiger partial charge >= 0.3 is 0 Å². The summed E-state index contributed by atoms with van der Waals surface area (Å²) in [6.07, 6.45) is 0. The quantitative estimate of drug-likeness (QED) is 0.279. The third kappa shape index (κ3) is 4.48. The van der Waals surface area contributed by atoms with E-state index < -0.39 is 0 Å². The molecule has 33 heavy (non-hydrogen) atoms. The Balaban J connectivity index is 1.50. The summed E-state index contributed by atoms with van der Waals surface area (Å²) >= 11 is 13.6. The molecule has 0 aliphatic carbocycles. The van der Waals surface area contributed by atoms with Crippen molar-refractivity contribution in [2.75, 3.05) is 5.32 Å². The monoisotopic (exact) mass is 489 g/mol. The van der Waals surface area contributed by atoms with Gasteiger partial charge in [-0.15, -0.1) is 11.3 Å². The highest BCUT2D eigenvalue weighted by Crippen LogP contribution is 2.33. The first-order chi connectivity index (χ1) is 16.0. The van der Waals surface area contributed by atoms with Crippen molar-refractivity contribution in [2.45, 2.75) is 6.92 Å². The van der Waals surface area contributed by atoms with Gasteiger partial charge < -0.3 is 0 Å². The molecule has 162 valence electrons. The summed E-state index contributed by atoms with van der Waals surface area (Å²) in [5, 5.41) is 7.12. The molecule has 0 saturated carbocycles. The second-order valence-electron chi connectivity index (χ2n) is 7.55. The zero-order valence-electron chi connectivity index (χ0n) is 17.5. The molecule has 0 fully saturated rings. The number of hydrogen-bond acceptors (Lipinski definition) is 4. The third-order valence-electron chi connectivity index (χ3n) is 5.24. The Morgan fingerprint density at radius 2 is 1.70 bits per heavy atom. The number of anilines is 1. The van der Waals surface area contributed by atoms with Crippen molar-refractivity contribution >= 4 is 56.5 Å². The van der Waals surface area contributed by atoms with Gasteiger partial charge in [0.1, 0.15) is 0 Å². The van der Waals surface area contributed by atoms with Crippen LogP contribution in [0.3, 0.4) is 0 Å². The molecular formula is C26H17Cl2N3OS. The minimum absolute atomic E-state index is 0.245. The average Bonchev–Trinajstić information content (AvgIpc) is 3.26. The number of aryl methyl sites for hydroxylation is 1. The second kappa shape index (κ2) is 8.94. The second-order valence-corrected chi connectivity index (χ2v) is 9.26. The summed E-state index contributed by atoms with van der Waals surface area (Å²) in [5.41, 5.74) is 5.59. The zero-order chi connectivity index (χ0) is 22.9. The number of hydrogen-bond donors (Lipinski definition) is 1.